The smallest absolute Gasteiger partial charge is 0.305 e. The first-order valence-corrected chi connectivity index (χ1v) is 6.52. The monoisotopic (exact) mass is 256 g/mol. The maximum absolute atomic E-state index is 10.8. The van der Waals surface area contributed by atoms with Gasteiger partial charge in [-0.2, -0.15) is 0 Å². The van der Waals surface area contributed by atoms with Crippen LogP contribution in [0, 0.1) is 0 Å². The van der Waals surface area contributed by atoms with Crippen molar-refractivity contribution in [2.45, 2.75) is 51.9 Å². The third-order valence-corrected chi connectivity index (χ3v) is 2.53. The normalized spacial score (nSPS) is 10.6. The molecule has 18 heavy (non-hydrogen) atoms. The first-order valence-electron chi connectivity index (χ1n) is 6.52. The highest BCUT2D eigenvalue weighted by atomic mass is 16.5. The molecule has 0 aromatic rings. The predicted molar refractivity (Wildman–Crippen MR) is 70.1 cm³/mol. The Morgan fingerprint density at radius 2 is 1.67 bits per heavy atom. The molecule has 4 nitrogen and oxygen atoms in total. The molecule has 0 atom stereocenters. The number of unbranched alkanes of at least 4 members (excludes halogenated alkanes) is 5. The van der Waals surface area contributed by atoms with Gasteiger partial charge in [-0.1, -0.05) is 31.4 Å². The average Bonchev–Trinajstić information content (AvgIpc) is 2.35. The van der Waals surface area contributed by atoms with Gasteiger partial charge in [-0.15, -0.1) is 0 Å². The standard InChI is InChI=1S/C14H24O4/c1-13(15)18-12-10-8-6-4-3-5-7-9-11-14(16)17-2/h8,10H,3-7,9,11-12H2,1-2H3/b10-8+. The number of esters is 2. The maximum Gasteiger partial charge on any atom is 0.305 e. The molecule has 0 heterocycles. The molecule has 0 bridgehead atoms. The van der Waals surface area contributed by atoms with Crippen molar-refractivity contribution in [3.63, 3.8) is 0 Å². The Kier molecular flexibility index (Phi) is 11.3. The van der Waals surface area contributed by atoms with Crippen LogP contribution in [0.3, 0.4) is 0 Å². The van der Waals surface area contributed by atoms with Crippen molar-refractivity contribution in [3.05, 3.63) is 12.2 Å². The minimum Gasteiger partial charge on any atom is -0.469 e. The van der Waals surface area contributed by atoms with Crippen LogP contribution in [0.5, 0.6) is 0 Å². The van der Waals surface area contributed by atoms with E-state index in [1.807, 2.05) is 12.2 Å². The van der Waals surface area contributed by atoms with Crippen molar-refractivity contribution in [1.82, 2.24) is 0 Å². The van der Waals surface area contributed by atoms with E-state index in [-0.39, 0.29) is 11.9 Å². The Labute approximate surface area is 109 Å². The van der Waals surface area contributed by atoms with E-state index in [0.29, 0.717) is 13.0 Å². The summed E-state index contributed by atoms with van der Waals surface area (Å²) in [5.74, 6) is -0.367. The van der Waals surface area contributed by atoms with Crippen molar-refractivity contribution in [1.29, 1.82) is 0 Å². The van der Waals surface area contributed by atoms with Crippen molar-refractivity contribution in [2.75, 3.05) is 13.7 Å². The number of methoxy groups -OCH3 is 1. The fourth-order valence-electron chi connectivity index (χ4n) is 1.52. The molecule has 0 unspecified atom stereocenters. The van der Waals surface area contributed by atoms with Gasteiger partial charge < -0.3 is 9.47 Å². The Bertz CT molecular complexity index is 259. The summed E-state index contributed by atoms with van der Waals surface area (Å²) >= 11 is 0. The number of carbonyl (C=O) groups is 2. The molecule has 0 N–H and O–H groups in total. The van der Waals surface area contributed by atoms with Gasteiger partial charge in [0.15, 0.2) is 0 Å². The Morgan fingerprint density at radius 1 is 1.00 bits per heavy atom. The number of hydrogen-bond acceptors (Lipinski definition) is 4. The second-order valence-corrected chi connectivity index (χ2v) is 4.16. The number of rotatable bonds is 10. The van der Waals surface area contributed by atoms with Gasteiger partial charge in [-0.25, -0.2) is 0 Å². The van der Waals surface area contributed by atoms with Crippen LogP contribution in [0.2, 0.25) is 0 Å². The molecule has 0 aromatic heterocycles. The van der Waals surface area contributed by atoms with E-state index < -0.39 is 0 Å². The fourth-order valence-corrected chi connectivity index (χ4v) is 1.52. The zero-order valence-electron chi connectivity index (χ0n) is 11.4. The third kappa shape index (κ3) is 12.7. The van der Waals surface area contributed by atoms with Crippen LogP contribution < -0.4 is 0 Å². The van der Waals surface area contributed by atoms with E-state index in [1.54, 1.807) is 0 Å². The van der Waals surface area contributed by atoms with Crippen LogP contribution in [0.25, 0.3) is 0 Å². The quantitative estimate of drug-likeness (QED) is 0.342. The maximum atomic E-state index is 10.8. The van der Waals surface area contributed by atoms with Crippen molar-refractivity contribution in [2.24, 2.45) is 0 Å². The van der Waals surface area contributed by atoms with Gasteiger partial charge in [-0.3, -0.25) is 9.59 Å². The van der Waals surface area contributed by atoms with Crippen LogP contribution in [0.4, 0.5) is 0 Å². The molecule has 0 aromatic carbocycles. The molecule has 0 saturated carbocycles. The average molecular weight is 256 g/mol. The van der Waals surface area contributed by atoms with Crippen LogP contribution >= 0.6 is 0 Å². The molecule has 0 radical (unpaired) electrons. The second kappa shape index (κ2) is 12.1. The van der Waals surface area contributed by atoms with Gasteiger partial charge >= 0.3 is 11.9 Å². The van der Waals surface area contributed by atoms with E-state index in [4.69, 9.17) is 4.74 Å². The Balaban J connectivity index is 3.16. The largest absolute Gasteiger partial charge is 0.469 e. The minimum atomic E-state index is -0.245. The molecule has 0 rings (SSSR count). The molecule has 0 aliphatic carbocycles. The molecular formula is C14H24O4. The lowest BCUT2D eigenvalue weighted by Gasteiger charge is -2.00. The summed E-state index contributed by atoms with van der Waals surface area (Å²) in [5.41, 5.74) is 0. The van der Waals surface area contributed by atoms with Gasteiger partial charge in [0, 0.05) is 13.3 Å². The van der Waals surface area contributed by atoms with Crippen molar-refractivity contribution >= 4 is 11.9 Å². The summed E-state index contributed by atoms with van der Waals surface area (Å²) in [6, 6.07) is 0. The first-order chi connectivity index (χ1) is 8.66. The summed E-state index contributed by atoms with van der Waals surface area (Å²) in [6.45, 7) is 1.77. The van der Waals surface area contributed by atoms with E-state index in [1.165, 1.54) is 20.5 Å². The highest BCUT2D eigenvalue weighted by Crippen LogP contribution is 2.07. The lowest BCUT2D eigenvalue weighted by Crippen LogP contribution is -1.99. The predicted octanol–water partition coefficient (Wildman–Crippen LogP) is 3.01. The molecule has 0 aliphatic rings. The highest BCUT2D eigenvalue weighted by molar-refractivity contribution is 5.68. The zero-order valence-corrected chi connectivity index (χ0v) is 11.4. The number of carbonyl (C=O) groups excluding carboxylic acids is 2. The molecule has 0 amide bonds. The van der Waals surface area contributed by atoms with Crippen molar-refractivity contribution < 1.29 is 19.1 Å². The summed E-state index contributed by atoms with van der Waals surface area (Å²) in [6.07, 6.45) is 10.9. The molecule has 104 valence electrons. The summed E-state index contributed by atoms with van der Waals surface area (Å²) in [4.78, 5) is 21.3. The van der Waals surface area contributed by atoms with E-state index in [9.17, 15) is 9.59 Å². The van der Waals surface area contributed by atoms with Crippen LogP contribution in [0.1, 0.15) is 51.9 Å². The van der Waals surface area contributed by atoms with Gasteiger partial charge in [0.25, 0.3) is 0 Å². The number of hydrogen-bond donors (Lipinski definition) is 0. The zero-order chi connectivity index (χ0) is 13.6. The van der Waals surface area contributed by atoms with Gasteiger partial charge in [0.05, 0.1) is 7.11 Å². The highest BCUT2D eigenvalue weighted by Gasteiger charge is 1.98. The lowest BCUT2D eigenvalue weighted by atomic mass is 10.1. The summed E-state index contributed by atoms with van der Waals surface area (Å²) in [7, 11) is 1.42. The molecule has 0 aliphatic heterocycles. The first kappa shape index (κ1) is 16.7. The van der Waals surface area contributed by atoms with Crippen LogP contribution in [-0.4, -0.2) is 25.7 Å². The fraction of sp³-hybridized carbons (Fsp3) is 0.714. The SMILES string of the molecule is COC(=O)CCCCCCC/C=C/COC(C)=O. The second-order valence-electron chi connectivity index (χ2n) is 4.16. The van der Waals surface area contributed by atoms with Gasteiger partial charge in [0.2, 0.25) is 0 Å². The molecule has 0 spiro atoms. The Hall–Kier alpha value is -1.32. The summed E-state index contributed by atoms with van der Waals surface area (Å²) < 4.78 is 9.33. The lowest BCUT2D eigenvalue weighted by molar-refractivity contribution is -0.141. The van der Waals surface area contributed by atoms with E-state index >= 15 is 0 Å². The number of allylic oxidation sites excluding steroid dienone is 1. The number of ether oxygens (including phenoxy) is 2. The van der Waals surface area contributed by atoms with Gasteiger partial charge in [-0.05, 0) is 19.3 Å². The van der Waals surface area contributed by atoms with Gasteiger partial charge in [0.1, 0.15) is 6.61 Å². The topological polar surface area (TPSA) is 52.6 Å². The molecular weight excluding hydrogens is 232 g/mol. The third-order valence-electron chi connectivity index (χ3n) is 2.53. The Morgan fingerprint density at radius 3 is 2.33 bits per heavy atom. The van der Waals surface area contributed by atoms with Crippen LogP contribution in [-0.2, 0) is 19.1 Å². The van der Waals surface area contributed by atoms with Crippen molar-refractivity contribution in [3.8, 4) is 0 Å². The molecule has 4 heteroatoms. The van der Waals surface area contributed by atoms with E-state index in [2.05, 4.69) is 4.74 Å². The van der Waals surface area contributed by atoms with Crippen LogP contribution in [0.15, 0.2) is 12.2 Å². The van der Waals surface area contributed by atoms with E-state index in [0.717, 1.165) is 32.1 Å². The molecule has 0 saturated heterocycles. The molecule has 0 fully saturated rings. The minimum absolute atomic E-state index is 0.122. The summed E-state index contributed by atoms with van der Waals surface area (Å²) in [5, 5.41) is 0.